The number of para-hydroxylation sites is 2. The van der Waals surface area contributed by atoms with E-state index >= 15 is 0 Å². The van der Waals surface area contributed by atoms with Crippen LogP contribution < -0.4 is 4.74 Å². The van der Waals surface area contributed by atoms with Crippen molar-refractivity contribution in [2.24, 2.45) is 5.92 Å². The lowest BCUT2D eigenvalue weighted by atomic mass is 10.2. The third-order valence-electron chi connectivity index (χ3n) is 3.28. The third kappa shape index (κ3) is 3.05. The first kappa shape index (κ1) is 13.6. The molecule has 4 heteroatoms. The Morgan fingerprint density at radius 2 is 2.00 bits per heavy atom. The van der Waals surface area contributed by atoms with E-state index in [1.54, 1.807) is 12.4 Å². The summed E-state index contributed by atoms with van der Waals surface area (Å²) in [6.07, 6.45) is 3.45. The second-order valence-electron chi connectivity index (χ2n) is 5.50. The van der Waals surface area contributed by atoms with E-state index in [-0.39, 0.29) is 0 Å². The molecular formula is C17H19N3O. The zero-order valence-corrected chi connectivity index (χ0v) is 12.4. The maximum atomic E-state index is 5.80. The molecule has 0 radical (unpaired) electrons. The molecule has 2 aromatic heterocycles. The molecule has 0 aliphatic carbocycles. The van der Waals surface area contributed by atoms with Gasteiger partial charge in [-0.1, -0.05) is 26.0 Å². The number of hydrogen-bond acceptors (Lipinski definition) is 3. The van der Waals surface area contributed by atoms with Crippen LogP contribution in [0, 0.1) is 5.92 Å². The van der Waals surface area contributed by atoms with Crippen LogP contribution in [0.3, 0.4) is 0 Å². The van der Waals surface area contributed by atoms with Gasteiger partial charge < -0.3 is 9.30 Å². The van der Waals surface area contributed by atoms with Gasteiger partial charge in [0.25, 0.3) is 0 Å². The van der Waals surface area contributed by atoms with E-state index in [4.69, 9.17) is 9.72 Å². The van der Waals surface area contributed by atoms with Crippen LogP contribution in [0.15, 0.2) is 48.8 Å². The molecule has 2 heterocycles. The maximum absolute atomic E-state index is 5.80. The van der Waals surface area contributed by atoms with Crippen LogP contribution in [0.2, 0.25) is 0 Å². The fraction of sp³-hybridized carbons (Fsp3) is 0.294. The number of imidazole rings is 1. The summed E-state index contributed by atoms with van der Waals surface area (Å²) < 4.78 is 8.04. The average Bonchev–Trinajstić information content (AvgIpc) is 2.84. The number of fused-ring (bicyclic) bond motifs is 1. The van der Waals surface area contributed by atoms with Crippen LogP contribution in [0.5, 0.6) is 5.75 Å². The number of benzene rings is 1. The lowest BCUT2D eigenvalue weighted by molar-refractivity contribution is 0.286. The lowest BCUT2D eigenvalue weighted by Gasteiger charge is -2.12. The summed E-state index contributed by atoms with van der Waals surface area (Å²) in [5.74, 6) is 2.27. The Balaban J connectivity index is 1.89. The SMILES string of the molecule is CC(C)Cn1c(COc2cccnc2)nc2ccccc21. The maximum Gasteiger partial charge on any atom is 0.148 e. The van der Waals surface area contributed by atoms with Crippen LogP contribution in [0.4, 0.5) is 0 Å². The van der Waals surface area contributed by atoms with Crippen molar-refractivity contribution in [3.8, 4) is 5.75 Å². The van der Waals surface area contributed by atoms with Gasteiger partial charge in [0.05, 0.1) is 17.2 Å². The summed E-state index contributed by atoms with van der Waals surface area (Å²) in [7, 11) is 0. The predicted octanol–water partition coefficient (Wildman–Crippen LogP) is 3.67. The van der Waals surface area contributed by atoms with Gasteiger partial charge in [-0.25, -0.2) is 4.98 Å². The molecule has 0 unspecified atom stereocenters. The Morgan fingerprint density at radius 1 is 1.14 bits per heavy atom. The molecule has 0 spiro atoms. The summed E-state index contributed by atoms with van der Waals surface area (Å²) >= 11 is 0. The van der Waals surface area contributed by atoms with Gasteiger partial charge in [0.1, 0.15) is 18.2 Å². The normalized spacial score (nSPS) is 11.2. The molecule has 0 atom stereocenters. The minimum absolute atomic E-state index is 0.451. The first-order chi connectivity index (χ1) is 10.2. The molecule has 1 aromatic carbocycles. The van der Waals surface area contributed by atoms with Crippen molar-refractivity contribution in [2.75, 3.05) is 0 Å². The van der Waals surface area contributed by atoms with Gasteiger partial charge in [-0.3, -0.25) is 4.98 Å². The van der Waals surface area contributed by atoms with E-state index in [2.05, 4.69) is 29.5 Å². The molecule has 0 bridgehead atoms. The highest BCUT2D eigenvalue weighted by molar-refractivity contribution is 5.75. The summed E-state index contributed by atoms with van der Waals surface area (Å²) in [4.78, 5) is 8.76. The number of hydrogen-bond donors (Lipinski definition) is 0. The first-order valence-corrected chi connectivity index (χ1v) is 7.21. The third-order valence-corrected chi connectivity index (χ3v) is 3.28. The van der Waals surface area contributed by atoms with Crippen LogP contribution in [0.25, 0.3) is 11.0 Å². The smallest absolute Gasteiger partial charge is 0.148 e. The number of ether oxygens (including phenoxy) is 1. The van der Waals surface area contributed by atoms with Crippen LogP contribution in [0.1, 0.15) is 19.7 Å². The zero-order chi connectivity index (χ0) is 14.7. The molecule has 21 heavy (non-hydrogen) atoms. The topological polar surface area (TPSA) is 39.9 Å². The van der Waals surface area contributed by atoms with Gasteiger partial charge in [0.15, 0.2) is 0 Å². The predicted molar refractivity (Wildman–Crippen MR) is 83.1 cm³/mol. The van der Waals surface area contributed by atoms with Crippen molar-refractivity contribution in [3.63, 3.8) is 0 Å². The van der Waals surface area contributed by atoms with Gasteiger partial charge in [-0.05, 0) is 30.2 Å². The second kappa shape index (κ2) is 5.95. The van der Waals surface area contributed by atoms with E-state index in [0.29, 0.717) is 12.5 Å². The van der Waals surface area contributed by atoms with E-state index in [1.807, 2.05) is 30.3 Å². The van der Waals surface area contributed by atoms with Crippen LogP contribution in [-0.2, 0) is 13.2 Å². The van der Waals surface area contributed by atoms with Gasteiger partial charge in [-0.2, -0.15) is 0 Å². The summed E-state index contributed by atoms with van der Waals surface area (Å²) in [5.41, 5.74) is 2.18. The number of rotatable bonds is 5. The summed E-state index contributed by atoms with van der Waals surface area (Å²) in [6, 6.07) is 12.0. The van der Waals surface area contributed by atoms with Crippen LogP contribution >= 0.6 is 0 Å². The van der Waals surface area contributed by atoms with E-state index < -0.39 is 0 Å². The van der Waals surface area contributed by atoms with Crippen molar-refractivity contribution in [3.05, 3.63) is 54.6 Å². The van der Waals surface area contributed by atoms with Crippen molar-refractivity contribution in [1.82, 2.24) is 14.5 Å². The minimum Gasteiger partial charge on any atom is -0.484 e. The molecule has 0 aliphatic rings. The van der Waals surface area contributed by atoms with Gasteiger partial charge in [0, 0.05) is 12.7 Å². The molecule has 108 valence electrons. The second-order valence-corrected chi connectivity index (χ2v) is 5.50. The summed E-state index contributed by atoms with van der Waals surface area (Å²) in [5, 5.41) is 0. The van der Waals surface area contributed by atoms with Gasteiger partial charge in [-0.15, -0.1) is 0 Å². The van der Waals surface area contributed by atoms with E-state index in [9.17, 15) is 0 Å². The Kier molecular flexibility index (Phi) is 3.86. The molecule has 0 saturated carbocycles. The number of aromatic nitrogens is 3. The quantitative estimate of drug-likeness (QED) is 0.716. The zero-order valence-electron chi connectivity index (χ0n) is 12.4. The molecule has 0 fully saturated rings. The van der Waals surface area contributed by atoms with Crippen molar-refractivity contribution in [1.29, 1.82) is 0 Å². The van der Waals surface area contributed by atoms with E-state index in [1.165, 1.54) is 0 Å². The van der Waals surface area contributed by atoms with Gasteiger partial charge >= 0.3 is 0 Å². The molecule has 3 aromatic rings. The molecule has 0 aliphatic heterocycles. The average molecular weight is 281 g/mol. The Morgan fingerprint density at radius 3 is 2.76 bits per heavy atom. The molecule has 0 saturated heterocycles. The Labute approximate surface area is 124 Å². The van der Waals surface area contributed by atoms with E-state index in [0.717, 1.165) is 29.2 Å². The molecule has 3 rings (SSSR count). The monoisotopic (exact) mass is 281 g/mol. The highest BCUT2D eigenvalue weighted by Gasteiger charge is 2.12. The first-order valence-electron chi connectivity index (χ1n) is 7.21. The molecular weight excluding hydrogens is 262 g/mol. The Hall–Kier alpha value is -2.36. The van der Waals surface area contributed by atoms with Crippen molar-refractivity contribution in [2.45, 2.75) is 27.0 Å². The number of pyridine rings is 1. The standard InChI is InChI=1S/C17H19N3O/c1-13(2)11-20-16-8-4-3-7-15(16)19-17(20)12-21-14-6-5-9-18-10-14/h3-10,13H,11-12H2,1-2H3. The lowest BCUT2D eigenvalue weighted by Crippen LogP contribution is -2.11. The molecule has 0 amide bonds. The van der Waals surface area contributed by atoms with Crippen molar-refractivity contribution < 1.29 is 4.74 Å². The van der Waals surface area contributed by atoms with Gasteiger partial charge in [0.2, 0.25) is 0 Å². The minimum atomic E-state index is 0.451. The Bertz CT molecular complexity index is 719. The summed E-state index contributed by atoms with van der Waals surface area (Å²) in [6.45, 7) is 5.81. The van der Waals surface area contributed by atoms with Crippen molar-refractivity contribution >= 4 is 11.0 Å². The fourth-order valence-corrected chi connectivity index (χ4v) is 2.38. The largest absolute Gasteiger partial charge is 0.484 e. The number of nitrogens with zero attached hydrogens (tertiary/aromatic N) is 3. The molecule has 4 nitrogen and oxygen atoms in total. The highest BCUT2D eigenvalue weighted by Crippen LogP contribution is 2.19. The highest BCUT2D eigenvalue weighted by atomic mass is 16.5. The molecule has 0 N–H and O–H groups in total. The van der Waals surface area contributed by atoms with Crippen LogP contribution in [-0.4, -0.2) is 14.5 Å². The fourth-order valence-electron chi connectivity index (χ4n) is 2.38.